The van der Waals surface area contributed by atoms with Crippen molar-refractivity contribution in [2.75, 3.05) is 0 Å². The third-order valence-corrected chi connectivity index (χ3v) is 2.89. The highest BCUT2D eigenvalue weighted by Crippen LogP contribution is 2.09. The molecule has 0 bridgehead atoms. The van der Waals surface area contributed by atoms with Crippen LogP contribution in [0.5, 0.6) is 0 Å². The van der Waals surface area contributed by atoms with Crippen LogP contribution in [0, 0.1) is 5.92 Å². The van der Waals surface area contributed by atoms with Crippen molar-refractivity contribution in [3.05, 3.63) is 48.0 Å². The Morgan fingerprint density at radius 1 is 1.25 bits per heavy atom. The number of benzene rings is 1. The Morgan fingerprint density at radius 3 is 2.35 bits per heavy atom. The zero-order valence-electron chi connectivity index (χ0n) is 11.9. The Hall–Kier alpha value is -2.10. The number of rotatable bonds is 7. The summed E-state index contributed by atoms with van der Waals surface area (Å²) in [6.07, 6.45) is 0.820. The van der Waals surface area contributed by atoms with Gasteiger partial charge in [0, 0.05) is 12.0 Å². The molecule has 0 unspecified atom stereocenters. The van der Waals surface area contributed by atoms with Crippen LogP contribution >= 0.6 is 0 Å². The van der Waals surface area contributed by atoms with Crippen LogP contribution < -0.4 is 5.32 Å². The molecule has 0 fully saturated rings. The minimum atomic E-state index is -1.01. The van der Waals surface area contributed by atoms with Gasteiger partial charge in [0.05, 0.1) is 0 Å². The Morgan fingerprint density at radius 2 is 1.85 bits per heavy atom. The van der Waals surface area contributed by atoms with Gasteiger partial charge in [-0.1, -0.05) is 50.8 Å². The summed E-state index contributed by atoms with van der Waals surface area (Å²) in [6, 6.07) is 8.62. The number of carboxylic acid groups (broad SMARTS) is 1. The Bertz CT molecular complexity index is 480. The summed E-state index contributed by atoms with van der Waals surface area (Å²) in [7, 11) is 0. The SMILES string of the molecule is C=C(Cc1ccccc1)C(=O)N[C@@H](CC(C)C)C(=O)O. The number of hydrogen-bond donors (Lipinski definition) is 2. The number of carboxylic acids is 1. The molecule has 1 atom stereocenters. The molecule has 0 aliphatic rings. The van der Waals surface area contributed by atoms with Gasteiger partial charge < -0.3 is 10.4 Å². The lowest BCUT2D eigenvalue weighted by molar-refractivity contribution is -0.141. The van der Waals surface area contributed by atoms with E-state index in [1.54, 1.807) is 0 Å². The van der Waals surface area contributed by atoms with Crippen LogP contribution in [0.15, 0.2) is 42.5 Å². The monoisotopic (exact) mass is 275 g/mol. The molecule has 20 heavy (non-hydrogen) atoms. The molecule has 108 valence electrons. The van der Waals surface area contributed by atoms with Crippen LogP contribution in [-0.2, 0) is 16.0 Å². The summed E-state index contributed by atoms with van der Waals surface area (Å²) in [5.41, 5.74) is 1.34. The first-order valence-corrected chi connectivity index (χ1v) is 6.65. The fourth-order valence-electron chi connectivity index (χ4n) is 1.88. The average Bonchev–Trinajstić information content (AvgIpc) is 2.38. The van der Waals surface area contributed by atoms with Crippen molar-refractivity contribution in [2.24, 2.45) is 5.92 Å². The summed E-state index contributed by atoms with van der Waals surface area (Å²) >= 11 is 0. The largest absolute Gasteiger partial charge is 0.480 e. The van der Waals surface area contributed by atoms with E-state index < -0.39 is 17.9 Å². The average molecular weight is 275 g/mol. The van der Waals surface area contributed by atoms with Crippen LogP contribution in [-0.4, -0.2) is 23.0 Å². The van der Waals surface area contributed by atoms with Gasteiger partial charge >= 0.3 is 5.97 Å². The van der Waals surface area contributed by atoms with E-state index in [1.165, 1.54) is 0 Å². The number of carbonyl (C=O) groups is 2. The van der Waals surface area contributed by atoms with Crippen molar-refractivity contribution in [2.45, 2.75) is 32.7 Å². The quantitative estimate of drug-likeness (QED) is 0.751. The molecule has 0 saturated carbocycles. The maximum atomic E-state index is 12.0. The van der Waals surface area contributed by atoms with Crippen molar-refractivity contribution < 1.29 is 14.7 Å². The van der Waals surface area contributed by atoms with Crippen LogP contribution in [0.4, 0.5) is 0 Å². The second-order valence-corrected chi connectivity index (χ2v) is 5.26. The Kier molecular flexibility index (Phi) is 5.97. The predicted molar refractivity (Wildman–Crippen MR) is 78.3 cm³/mol. The van der Waals surface area contributed by atoms with Crippen LogP contribution in [0.3, 0.4) is 0 Å². The van der Waals surface area contributed by atoms with E-state index in [9.17, 15) is 9.59 Å². The van der Waals surface area contributed by atoms with E-state index in [2.05, 4.69) is 11.9 Å². The van der Waals surface area contributed by atoms with Crippen molar-refractivity contribution in [1.82, 2.24) is 5.32 Å². The lowest BCUT2D eigenvalue weighted by atomic mass is 10.0. The highest BCUT2D eigenvalue weighted by Gasteiger charge is 2.22. The lowest BCUT2D eigenvalue weighted by Gasteiger charge is -2.17. The Balaban J connectivity index is 2.60. The zero-order chi connectivity index (χ0) is 15.1. The summed E-state index contributed by atoms with van der Waals surface area (Å²) in [6.45, 7) is 7.57. The molecule has 0 aromatic heterocycles. The number of nitrogens with one attached hydrogen (secondary N) is 1. The molecule has 1 rings (SSSR count). The normalized spacial score (nSPS) is 11.9. The molecule has 4 heteroatoms. The molecule has 0 heterocycles. The van der Waals surface area contributed by atoms with Gasteiger partial charge in [0.15, 0.2) is 0 Å². The first-order chi connectivity index (χ1) is 9.40. The lowest BCUT2D eigenvalue weighted by Crippen LogP contribution is -2.42. The van der Waals surface area contributed by atoms with E-state index in [4.69, 9.17) is 5.11 Å². The maximum Gasteiger partial charge on any atom is 0.326 e. The molecule has 4 nitrogen and oxygen atoms in total. The van der Waals surface area contributed by atoms with Crippen LogP contribution in [0.25, 0.3) is 0 Å². The molecular weight excluding hydrogens is 254 g/mol. The Labute approximate surface area is 119 Å². The minimum absolute atomic E-state index is 0.193. The molecule has 1 amide bonds. The molecular formula is C16H21NO3. The van der Waals surface area contributed by atoms with Crippen molar-refractivity contribution in [3.8, 4) is 0 Å². The first kappa shape index (κ1) is 16.0. The van der Waals surface area contributed by atoms with E-state index in [1.807, 2.05) is 44.2 Å². The van der Waals surface area contributed by atoms with Gasteiger partial charge in [-0.3, -0.25) is 4.79 Å². The smallest absolute Gasteiger partial charge is 0.326 e. The molecule has 0 saturated heterocycles. The standard InChI is InChI=1S/C16H21NO3/c1-11(2)9-14(16(19)20)17-15(18)12(3)10-13-7-5-4-6-8-13/h4-8,11,14H,3,9-10H2,1-2H3,(H,17,18)(H,19,20)/t14-/m0/s1. The maximum absolute atomic E-state index is 12.0. The van der Waals surface area contributed by atoms with Crippen molar-refractivity contribution in [3.63, 3.8) is 0 Å². The van der Waals surface area contributed by atoms with Gasteiger partial charge in [-0.2, -0.15) is 0 Å². The van der Waals surface area contributed by atoms with E-state index in [0.717, 1.165) is 5.56 Å². The number of carbonyl (C=O) groups excluding carboxylic acids is 1. The molecule has 0 spiro atoms. The van der Waals surface area contributed by atoms with Gasteiger partial charge in [-0.25, -0.2) is 4.79 Å². The highest BCUT2D eigenvalue weighted by atomic mass is 16.4. The molecule has 0 radical (unpaired) electrons. The summed E-state index contributed by atoms with van der Waals surface area (Å²) in [4.78, 5) is 23.1. The van der Waals surface area contributed by atoms with Crippen molar-refractivity contribution in [1.29, 1.82) is 0 Å². The zero-order valence-corrected chi connectivity index (χ0v) is 11.9. The van der Waals surface area contributed by atoms with Gasteiger partial charge in [0.2, 0.25) is 5.91 Å². The van der Waals surface area contributed by atoms with Gasteiger partial charge in [0.1, 0.15) is 6.04 Å². The molecule has 2 N–H and O–H groups in total. The van der Waals surface area contributed by atoms with Crippen molar-refractivity contribution >= 4 is 11.9 Å². The van der Waals surface area contributed by atoms with Gasteiger partial charge in [-0.05, 0) is 17.9 Å². The topological polar surface area (TPSA) is 66.4 Å². The fourth-order valence-corrected chi connectivity index (χ4v) is 1.88. The van der Waals surface area contributed by atoms with Crippen LogP contribution in [0.2, 0.25) is 0 Å². The summed E-state index contributed by atoms with van der Waals surface area (Å²) in [5, 5.41) is 11.6. The van der Waals surface area contributed by atoms with Crippen LogP contribution in [0.1, 0.15) is 25.8 Å². The molecule has 0 aliphatic carbocycles. The summed E-state index contributed by atoms with van der Waals surface area (Å²) < 4.78 is 0. The third-order valence-electron chi connectivity index (χ3n) is 2.89. The summed E-state index contributed by atoms with van der Waals surface area (Å²) in [5.74, 6) is -1.22. The minimum Gasteiger partial charge on any atom is -0.480 e. The second-order valence-electron chi connectivity index (χ2n) is 5.26. The number of amides is 1. The fraction of sp³-hybridized carbons (Fsp3) is 0.375. The van der Waals surface area contributed by atoms with Gasteiger partial charge in [0.25, 0.3) is 0 Å². The molecule has 1 aromatic rings. The first-order valence-electron chi connectivity index (χ1n) is 6.65. The van der Waals surface area contributed by atoms with E-state index >= 15 is 0 Å². The molecule has 1 aromatic carbocycles. The molecule has 0 aliphatic heterocycles. The van der Waals surface area contributed by atoms with Gasteiger partial charge in [-0.15, -0.1) is 0 Å². The number of hydrogen-bond acceptors (Lipinski definition) is 2. The number of aliphatic carboxylic acids is 1. The van der Waals surface area contributed by atoms with E-state index in [0.29, 0.717) is 18.4 Å². The third kappa shape index (κ3) is 5.26. The second kappa shape index (κ2) is 7.48. The predicted octanol–water partition coefficient (Wildman–Crippen LogP) is 2.40. The highest BCUT2D eigenvalue weighted by molar-refractivity contribution is 5.95. The van der Waals surface area contributed by atoms with E-state index in [-0.39, 0.29) is 5.92 Å².